The highest BCUT2D eigenvalue weighted by atomic mass is 32.1. The van der Waals surface area contributed by atoms with Crippen LogP contribution in [0.25, 0.3) is 0 Å². The van der Waals surface area contributed by atoms with E-state index in [-0.39, 0.29) is 5.56 Å². The van der Waals surface area contributed by atoms with Gasteiger partial charge in [-0.1, -0.05) is 6.07 Å². The van der Waals surface area contributed by atoms with Crippen molar-refractivity contribution in [1.82, 2.24) is 0 Å². The summed E-state index contributed by atoms with van der Waals surface area (Å²) in [6, 6.07) is 5.29. The number of nitrogens with one attached hydrogen (secondary N) is 2. The molecule has 1 atom stereocenters. The fourth-order valence-corrected chi connectivity index (χ4v) is 3.78. The second-order valence-corrected chi connectivity index (χ2v) is 7.62. The zero-order chi connectivity index (χ0) is 19.2. The smallest absolute Gasteiger partial charge is 0.278 e. The Hall–Kier alpha value is -2.87. The lowest BCUT2D eigenvalue weighted by Gasteiger charge is -2.33. The Balaban J connectivity index is 1.93. The number of hydrogen-bond acceptors (Lipinski definition) is 5. The van der Waals surface area contributed by atoms with Gasteiger partial charge in [0, 0.05) is 4.88 Å². The normalized spacial score (nSPS) is 18.5. The molecule has 1 aliphatic heterocycles. The number of amides is 3. The molecule has 1 unspecified atom stereocenters. The number of hydrogen-bond donors (Lipinski definition) is 3. The molecule has 0 fully saturated rings. The third-order valence-electron chi connectivity index (χ3n) is 4.42. The number of rotatable bonds is 3. The van der Waals surface area contributed by atoms with Crippen molar-refractivity contribution in [3.63, 3.8) is 0 Å². The van der Waals surface area contributed by atoms with Gasteiger partial charge in [0.05, 0.1) is 11.3 Å². The second kappa shape index (κ2) is 6.14. The molecular weight excluding hydrogens is 354 g/mol. The lowest BCUT2D eigenvalue weighted by Crippen LogP contribution is -2.56. The maximum absolute atomic E-state index is 12.8. The highest BCUT2D eigenvalue weighted by Crippen LogP contribution is 2.36. The molecule has 0 radical (unpaired) electrons. The predicted octanol–water partition coefficient (Wildman–Crippen LogP) is 2.50. The molecule has 1 aromatic carbocycles. The van der Waals surface area contributed by atoms with Gasteiger partial charge in [0.25, 0.3) is 23.3 Å². The van der Waals surface area contributed by atoms with E-state index >= 15 is 0 Å². The van der Waals surface area contributed by atoms with Crippen molar-refractivity contribution in [1.29, 1.82) is 0 Å². The van der Waals surface area contributed by atoms with Crippen molar-refractivity contribution in [3.05, 3.63) is 39.8 Å². The number of ether oxygens (including phenoxy) is 1. The van der Waals surface area contributed by atoms with Crippen molar-refractivity contribution >= 4 is 39.7 Å². The number of nitrogens with two attached hydrogens (primary N) is 1. The summed E-state index contributed by atoms with van der Waals surface area (Å²) < 4.78 is 5.72. The van der Waals surface area contributed by atoms with E-state index in [1.54, 1.807) is 19.1 Å². The maximum Gasteiger partial charge on any atom is 0.278 e. The Morgan fingerprint density at radius 3 is 2.62 bits per heavy atom. The average molecular weight is 373 g/mol. The van der Waals surface area contributed by atoms with Gasteiger partial charge in [0.15, 0.2) is 0 Å². The molecule has 3 rings (SSSR count). The molecule has 136 valence electrons. The van der Waals surface area contributed by atoms with Gasteiger partial charge >= 0.3 is 0 Å². The van der Waals surface area contributed by atoms with Gasteiger partial charge in [-0.05, 0) is 51.0 Å². The minimum atomic E-state index is -1.77. The van der Waals surface area contributed by atoms with Crippen molar-refractivity contribution < 1.29 is 19.1 Å². The summed E-state index contributed by atoms with van der Waals surface area (Å²) in [5, 5.41) is 5.64. The average Bonchev–Trinajstić information content (AvgIpc) is 2.83. The van der Waals surface area contributed by atoms with E-state index in [4.69, 9.17) is 10.5 Å². The van der Waals surface area contributed by atoms with E-state index in [1.165, 1.54) is 18.3 Å². The number of fused-ring (bicyclic) bond motifs is 1. The fraction of sp³-hybridized carbons (Fsp3) is 0.278. The fourth-order valence-electron chi connectivity index (χ4n) is 2.72. The van der Waals surface area contributed by atoms with Crippen LogP contribution in [0.2, 0.25) is 0 Å². The Morgan fingerprint density at radius 1 is 1.27 bits per heavy atom. The number of aryl methyl sites for hydroxylation is 2. The number of carbonyl (C=O) groups excluding carboxylic acids is 3. The first-order valence-electron chi connectivity index (χ1n) is 7.96. The van der Waals surface area contributed by atoms with E-state index in [0.717, 1.165) is 10.4 Å². The zero-order valence-corrected chi connectivity index (χ0v) is 15.7. The second-order valence-electron chi connectivity index (χ2n) is 6.39. The molecule has 0 saturated carbocycles. The highest BCUT2D eigenvalue weighted by Gasteiger charge is 2.47. The zero-order valence-electron chi connectivity index (χ0n) is 14.9. The maximum atomic E-state index is 12.8. The number of thiophene rings is 1. The van der Waals surface area contributed by atoms with Gasteiger partial charge in [0.2, 0.25) is 0 Å². The van der Waals surface area contributed by atoms with Gasteiger partial charge in [-0.15, -0.1) is 11.3 Å². The lowest BCUT2D eigenvalue weighted by molar-refractivity contribution is -0.143. The summed E-state index contributed by atoms with van der Waals surface area (Å²) in [6.07, 6.45) is 0. The molecule has 0 aliphatic carbocycles. The predicted molar refractivity (Wildman–Crippen MR) is 99.8 cm³/mol. The minimum Gasteiger partial charge on any atom is -0.466 e. The summed E-state index contributed by atoms with van der Waals surface area (Å²) in [4.78, 5) is 37.9. The molecule has 0 bridgehead atoms. The van der Waals surface area contributed by atoms with Crippen LogP contribution in [0, 0.1) is 20.8 Å². The highest BCUT2D eigenvalue weighted by molar-refractivity contribution is 7.16. The van der Waals surface area contributed by atoms with E-state index in [1.807, 2.05) is 19.9 Å². The molecule has 0 spiro atoms. The Labute approximate surface area is 154 Å². The molecule has 0 saturated heterocycles. The van der Waals surface area contributed by atoms with E-state index in [0.29, 0.717) is 22.0 Å². The molecule has 1 aliphatic rings. The number of carbonyl (C=O) groups is 3. The van der Waals surface area contributed by atoms with Crippen molar-refractivity contribution in [2.24, 2.45) is 5.73 Å². The first kappa shape index (κ1) is 17.9. The summed E-state index contributed by atoms with van der Waals surface area (Å²) in [6.45, 7) is 6.86. The standard InChI is InChI=1S/C18H19N3O4S/c1-8-5-6-12-11(7-8)20-16(23)18(4,25-12)17(24)21-15-13(14(19)22)9(2)10(3)26-15/h5-7H,1-4H3,(H2,19,22)(H,20,23)(H,21,24). The van der Waals surface area contributed by atoms with E-state index in [2.05, 4.69) is 10.6 Å². The van der Waals surface area contributed by atoms with Crippen molar-refractivity contribution in [2.45, 2.75) is 33.3 Å². The first-order chi connectivity index (χ1) is 12.1. The van der Waals surface area contributed by atoms with Gasteiger partial charge in [-0.25, -0.2) is 0 Å². The van der Waals surface area contributed by atoms with Crippen LogP contribution in [0.1, 0.15) is 33.3 Å². The molecule has 7 nitrogen and oxygen atoms in total. The monoisotopic (exact) mass is 373 g/mol. The number of primary amides is 1. The molecular formula is C18H19N3O4S. The summed E-state index contributed by atoms with van der Waals surface area (Å²) >= 11 is 1.23. The van der Waals surface area contributed by atoms with Crippen molar-refractivity contribution in [2.75, 3.05) is 10.6 Å². The first-order valence-corrected chi connectivity index (χ1v) is 8.77. The number of anilines is 2. The molecule has 4 N–H and O–H groups in total. The van der Waals surface area contributed by atoms with Gasteiger partial charge in [-0.2, -0.15) is 0 Å². The SMILES string of the molecule is Cc1ccc2c(c1)NC(=O)C(C)(C(=O)Nc1sc(C)c(C)c1C(N)=O)O2. The largest absolute Gasteiger partial charge is 0.466 e. The molecule has 2 aromatic rings. The van der Waals surface area contributed by atoms with Crippen LogP contribution in [0.4, 0.5) is 10.7 Å². The minimum absolute atomic E-state index is 0.247. The quantitative estimate of drug-likeness (QED) is 0.718. The molecule has 8 heteroatoms. The van der Waals surface area contributed by atoms with Crippen LogP contribution < -0.4 is 21.1 Å². The molecule has 3 amide bonds. The molecule has 2 heterocycles. The van der Waals surface area contributed by atoms with Crippen molar-refractivity contribution in [3.8, 4) is 5.75 Å². The van der Waals surface area contributed by atoms with Crippen LogP contribution in [-0.4, -0.2) is 23.3 Å². The summed E-state index contributed by atoms with van der Waals surface area (Å²) in [7, 11) is 0. The van der Waals surface area contributed by atoms with Crippen LogP contribution in [-0.2, 0) is 9.59 Å². The Morgan fingerprint density at radius 2 is 1.96 bits per heavy atom. The molecule has 1 aromatic heterocycles. The van der Waals surface area contributed by atoms with Gasteiger partial charge in [0.1, 0.15) is 10.8 Å². The van der Waals surface area contributed by atoms with Crippen LogP contribution >= 0.6 is 11.3 Å². The lowest BCUT2D eigenvalue weighted by atomic mass is 10.0. The summed E-state index contributed by atoms with van der Waals surface area (Å²) in [5.41, 5.74) is 6.07. The Kier molecular flexibility index (Phi) is 4.23. The van der Waals surface area contributed by atoms with Crippen LogP contribution in [0.5, 0.6) is 5.75 Å². The topological polar surface area (TPSA) is 111 Å². The summed E-state index contributed by atoms with van der Waals surface area (Å²) in [5.74, 6) is -1.49. The van der Waals surface area contributed by atoms with E-state index < -0.39 is 23.3 Å². The third kappa shape index (κ3) is 2.82. The van der Waals surface area contributed by atoms with Gasteiger partial charge in [-0.3, -0.25) is 14.4 Å². The van der Waals surface area contributed by atoms with Gasteiger partial charge < -0.3 is 21.1 Å². The third-order valence-corrected chi connectivity index (χ3v) is 5.55. The Bertz CT molecular complexity index is 950. The van der Waals surface area contributed by atoms with E-state index in [9.17, 15) is 14.4 Å². The number of benzene rings is 1. The van der Waals surface area contributed by atoms with Crippen LogP contribution in [0.3, 0.4) is 0 Å². The van der Waals surface area contributed by atoms with Crippen LogP contribution in [0.15, 0.2) is 18.2 Å². The molecule has 26 heavy (non-hydrogen) atoms.